The van der Waals surface area contributed by atoms with Crippen molar-refractivity contribution in [2.75, 3.05) is 5.32 Å². The van der Waals surface area contributed by atoms with Crippen molar-refractivity contribution in [2.45, 2.75) is 18.9 Å². The van der Waals surface area contributed by atoms with Crippen molar-refractivity contribution in [1.82, 2.24) is 19.5 Å². The van der Waals surface area contributed by atoms with Gasteiger partial charge in [-0.2, -0.15) is 4.98 Å². The lowest BCUT2D eigenvalue weighted by atomic mass is 9.87. The largest absolute Gasteiger partial charge is 0.357 e. The molecule has 0 aliphatic heterocycles. The molecule has 1 unspecified atom stereocenters. The van der Waals surface area contributed by atoms with Gasteiger partial charge in [-0.3, -0.25) is 19.5 Å². The van der Waals surface area contributed by atoms with Crippen LogP contribution in [0.1, 0.15) is 34.8 Å². The number of imidazole rings is 1. The van der Waals surface area contributed by atoms with Crippen molar-refractivity contribution in [3.8, 4) is 5.95 Å². The smallest absolute Gasteiger partial charge is 0.329 e. The van der Waals surface area contributed by atoms with Crippen LogP contribution in [0.15, 0.2) is 55.0 Å². The number of fused-ring (bicyclic) bond motifs is 2. The first-order chi connectivity index (χ1) is 15.0. The van der Waals surface area contributed by atoms with E-state index in [2.05, 4.69) is 20.3 Å². The minimum atomic E-state index is -0.572. The summed E-state index contributed by atoms with van der Waals surface area (Å²) in [7, 11) is 0. The predicted octanol–water partition coefficient (Wildman–Crippen LogP) is 3.99. The molecule has 0 fully saturated rings. The topological polar surface area (TPSA) is 116 Å². The Morgan fingerprint density at radius 2 is 2.03 bits per heavy atom. The van der Waals surface area contributed by atoms with E-state index in [0.717, 1.165) is 11.8 Å². The van der Waals surface area contributed by atoms with Gasteiger partial charge in [0.1, 0.15) is 18.3 Å². The highest BCUT2D eigenvalue weighted by Gasteiger charge is 2.28. The molecule has 0 spiro atoms. The number of aromatic nitrogens is 4. The van der Waals surface area contributed by atoms with E-state index in [4.69, 9.17) is 0 Å². The third-order valence-electron chi connectivity index (χ3n) is 5.29. The summed E-state index contributed by atoms with van der Waals surface area (Å²) in [6.45, 7) is 0. The third kappa shape index (κ3) is 3.27. The molecule has 1 aliphatic carbocycles. The minimum absolute atomic E-state index is 0.0161. The number of nitrogens with zero attached hydrogens (tertiary/aromatic N) is 5. The SMILES string of the molecule is O=C1CCC(Nc2nc(-n3cnc4ccc(F)cc43)ncc2[N+](=O)[O-])c2ccccc21. The van der Waals surface area contributed by atoms with E-state index in [1.165, 1.54) is 29.1 Å². The summed E-state index contributed by atoms with van der Waals surface area (Å²) < 4.78 is 15.2. The van der Waals surface area contributed by atoms with Gasteiger partial charge in [-0.15, -0.1) is 0 Å². The molecular formula is C21H15FN6O3. The number of carbonyl (C=O) groups excluding carboxylic acids is 1. The molecular weight excluding hydrogens is 403 g/mol. The van der Waals surface area contributed by atoms with Crippen LogP contribution in [-0.4, -0.2) is 30.2 Å². The molecule has 1 atom stereocenters. The van der Waals surface area contributed by atoms with Gasteiger partial charge in [0.05, 0.1) is 22.0 Å². The Bertz CT molecular complexity index is 1350. The van der Waals surface area contributed by atoms with Crippen LogP contribution in [0.2, 0.25) is 0 Å². The minimum Gasteiger partial charge on any atom is -0.357 e. The van der Waals surface area contributed by atoms with Crippen LogP contribution in [0.4, 0.5) is 15.9 Å². The van der Waals surface area contributed by atoms with Crippen molar-refractivity contribution in [3.63, 3.8) is 0 Å². The van der Waals surface area contributed by atoms with Crippen molar-refractivity contribution in [2.24, 2.45) is 0 Å². The molecule has 0 radical (unpaired) electrons. The summed E-state index contributed by atoms with van der Waals surface area (Å²) in [6, 6.07) is 11.0. The molecule has 10 heteroatoms. The summed E-state index contributed by atoms with van der Waals surface area (Å²) in [4.78, 5) is 35.9. The number of nitro groups is 1. The third-order valence-corrected chi connectivity index (χ3v) is 5.29. The molecule has 0 amide bonds. The zero-order valence-electron chi connectivity index (χ0n) is 16.0. The molecule has 4 aromatic rings. The van der Waals surface area contributed by atoms with E-state index in [9.17, 15) is 19.3 Å². The number of ketones is 1. The van der Waals surface area contributed by atoms with Crippen LogP contribution in [-0.2, 0) is 0 Å². The van der Waals surface area contributed by atoms with E-state index in [0.29, 0.717) is 29.4 Å². The lowest BCUT2D eigenvalue weighted by molar-refractivity contribution is -0.384. The van der Waals surface area contributed by atoms with Crippen molar-refractivity contribution < 1.29 is 14.1 Å². The van der Waals surface area contributed by atoms with E-state index in [1.807, 2.05) is 12.1 Å². The van der Waals surface area contributed by atoms with Crippen LogP contribution >= 0.6 is 0 Å². The first-order valence-electron chi connectivity index (χ1n) is 9.54. The molecule has 0 saturated carbocycles. The Labute approximate surface area is 174 Å². The number of hydrogen-bond acceptors (Lipinski definition) is 7. The highest BCUT2D eigenvalue weighted by Crippen LogP contribution is 2.34. The number of nitrogens with one attached hydrogen (secondary N) is 1. The van der Waals surface area contributed by atoms with E-state index < -0.39 is 10.7 Å². The summed E-state index contributed by atoms with van der Waals surface area (Å²) in [6.07, 6.45) is 3.34. The highest BCUT2D eigenvalue weighted by atomic mass is 19.1. The first-order valence-corrected chi connectivity index (χ1v) is 9.54. The lowest BCUT2D eigenvalue weighted by Crippen LogP contribution is -2.22. The molecule has 154 valence electrons. The van der Waals surface area contributed by atoms with Crippen molar-refractivity contribution in [1.29, 1.82) is 0 Å². The van der Waals surface area contributed by atoms with Crippen molar-refractivity contribution in [3.05, 3.63) is 82.0 Å². The Balaban J connectivity index is 1.58. The monoisotopic (exact) mass is 418 g/mol. The maximum atomic E-state index is 13.7. The average molecular weight is 418 g/mol. The summed E-state index contributed by atoms with van der Waals surface area (Å²) in [5.74, 6) is -0.278. The molecule has 2 heterocycles. The van der Waals surface area contributed by atoms with Crippen LogP contribution in [0, 0.1) is 15.9 Å². The Hall–Kier alpha value is -4.21. The molecule has 31 heavy (non-hydrogen) atoms. The summed E-state index contributed by atoms with van der Waals surface area (Å²) in [5, 5.41) is 14.7. The molecule has 9 nitrogen and oxygen atoms in total. The fourth-order valence-corrected chi connectivity index (χ4v) is 3.80. The quantitative estimate of drug-likeness (QED) is 0.393. The molecule has 0 bridgehead atoms. The summed E-state index contributed by atoms with van der Waals surface area (Å²) in [5.41, 5.74) is 2.04. The lowest BCUT2D eigenvalue weighted by Gasteiger charge is -2.25. The second-order valence-corrected chi connectivity index (χ2v) is 7.15. The van der Waals surface area contributed by atoms with Gasteiger partial charge in [-0.05, 0) is 24.1 Å². The van der Waals surface area contributed by atoms with E-state index >= 15 is 0 Å². The second kappa shape index (κ2) is 7.24. The zero-order chi connectivity index (χ0) is 21.5. The fourth-order valence-electron chi connectivity index (χ4n) is 3.80. The Morgan fingerprint density at radius 1 is 1.19 bits per heavy atom. The van der Waals surface area contributed by atoms with E-state index in [-0.39, 0.29) is 29.3 Å². The van der Waals surface area contributed by atoms with E-state index in [1.54, 1.807) is 12.1 Å². The number of halogens is 1. The number of anilines is 1. The maximum Gasteiger partial charge on any atom is 0.329 e. The van der Waals surface area contributed by atoms with Crippen LogP contribution in [0.5, 0.6) is 0 Å². The van der Waals surface area contributed by atoms with Crippen molar-refractivity contribution >= 4 is 28.3 Å². The standard InChI is InChI=1S/C21H15FN6O3/c22-12-5-6-16-17(9-12)27(11-24-16)21-23-10-18(28(30)31)20(26-21)25-15-7-8-19(29)14-4-2-1-3-13(14)15/h1-6,9-11,15H,7-8H2,(H,23,25,26). The molecule has 2 aromatic heterocycles. The first kappa shape index (κ1) is 18.8. The molecule has 0 saturated heterocycles. The predicted molar refractivity (Wildman–Crippen MR) is 110 cm³/mol. The Morgan fingerprint density at radius 3 is 2.87 bits per heavy atom. The molecule has 1 aliphatic rings. The van der Waals surface area contributed by atoms with Crippen LogP contribution < -0.4 is 5.32 Å². The molecule has 2 aromatic carbocycles. The maximum absolute atomic E-state index is 13.7. The van der Waals surface area contributed by atoms with Gasteiger partial charge in [-0.1, -0.05) is 24.3 Å². The Kier molecular flexibility index (Phi) is 4.39. The van der Waals surface area contributed by atoms with Gasteiger partial charge in [-0.25, -0.2) is 14.4 Å². The van der Waals surface area contributed by atoms with Crippen LogP contribution in [0.3, 0.4) is 0 Å². The van der Waals surface area contributed by atoms with Gasteiger partial charge >= 0.3 is 5.69 Å². The van der Waals surface area contributed by atoms with Gasteiger partial charge in [0.15, 0.2) is 5.78 Å². The van der Waals surface area contributed by atoms with Gasteiger partial charge < -0.3 is 5.32 Å². The van der Waals surface area contributed by atoms with Gasteiger partial charge in [0, 0.05) is 18.1 Å². The van der Waals surface area contributed by atoms with Gasteiger partial charge in [0.25, 0.3) is 0 Å². The number of Topliss-reactive ketones (excluding diaryl/α,β-unsaturated/α-hetero) is 1. The fraction of sp³-hybridized carbons (Fsp3) is 0.143. The molecule has 5 rings (SSSR count). The number of rotatable bonds is 4. The zero-order valence-corrected chi connectivity index (χ0v) is 16.0. The number of hydrogen-bond donors (Lipinski definition) is 1. The highest BCUT2D eigenvalue weighted by molar-refractivity contribution is 5.98. The second-order valence-electron chi connectivity index (χ2n) is 7.15. The normalized spacial score (nSPS) is 15.6. The average Bonchev–Trinajstić information content (AvgIpc) is 3.18. The summed E-state index contributed by atoms with van der Waals surface area (Å²) >= 11 is 0. The number of carbonyl (C=O) groups is 1. The van der Waals surface area contributed by atoms with Crippen LogP contribution in [0.25, 0.3) is 17.0 Å². The molecule has 1 N–H and O–H groups in total. The van der Waals surface area contributed by atoms with Gasteiger partial charge in [0.2, 0.25) is 11.8 Å². The number of benzene rings is 2.